The maximum absolute atomic E-state index is 12.2. The van der Waals surface area contributed by atoms with Gasteiger partial charge in [-0.2, -0.15) is 0 Å². The first-order chi connectivity index (χ1) is 8.18. The molecule has 0 aliphatic carbocycles. The van der Waals surface area contributed by atoms with Crippen LogP contribution in [0.3, 0.4) is 0 Å². The maximum atomic E-state index is 12.2. The van der Waals surface area contributed by atoms with Crippen LogP contribution in [0.15, 0.2) is 0 Å². The van der Waals surface area contributed by atoms with Gasteiger partial charge in [0.25, 0.3) is 0 Å². The van der Waals surface area contributed by atoms with Crippen molar-refractivity contribution in [1.29, 1.82) is 0 Å². The van der Waals surface area contributed by atoms with Crippen molar-refractivity contribution < 1.29 is 57.7 Å². The molecular weight excluding hydrogens is 534 g/mol. The Morgan fingerprint density at radius 3 is 1.21 bits per heavy atom. The Morgan fingerprint density at radius 2 is 1.00 bits per heavy atom. The fourth-order valence-corrected chi connectivity index (χ4v) is 2.36. The van der Waals surface area contributed by atoms with Crippen molar-refractivity contribution >= 4 is 7.82 Å². The topological polar surface area (TPSA) is 44.8 Å². The minimum absolute atomic E-state index is 0. The second-order valence-corrected chi connectivity index (χ2v) is 5.68. The number of unbranched alkanes of at least 4 members (excludes halogenated alkanes) is 3. The number of rotatable bonds is 12. The van der Waals surface area contributed by atoms with Crippen LogP contribution in [0.1, 0.15) is 59.3 Å². The molecule has 0 amide bonds. The summed E-state index contributed by atoms with van der Waals surface area (Å²) in [5, 5.41) is 0. The van der Waals surface area contributed by atoms with Crippen LogP contribution in [0.5, 0.6) is 0 Å². The fraction of sp³-hybridized carbons (Fsp3) is 1.00. The Bertz CT molecular complexity index is 187. The standard InChI is InChI=1S/C12H27O4P.Ir.Rh/c1-4-7-10-14-17(13,15-11-8-5-2)16-12-9-6-3;;/h4-12H2,1-3H3;;. The Balaban J connectivity index is -0.00000128. The summed E-state index contributed by atoms with van der Waals surface area (Å²) in [7, 11) is -3.31. The van der Waals surface area contributed by atoms with Crippen molar-refractivity contribution in [2.45, 2.75) is 59.3 Å². The van der Waals surface area contributed by atoms with Crippen LogP contribution < -0.4 is 0 Å². The second-order valence-electron chi connectivity index (χ2n) is 4.01. The molecule has 0 unspecified atom stereocenters. The Hall–Kier alpha value is 1.38. The first-order valence-corrected chi connectivity index (χ1v) is 8.18. The summed E-state index contributed by atoms with van der Waals surface area (Å²) >= 11 is 0. The minimum Gasteiger partial charge on any atom is -0.287 e. The SMILES string of the molecule is CCCCOP(=O)(OCCCC)OCCCC.[Ir].[Rh]. The molecule has 0 fully saturated rings. The number of phosphoric acid groups is 1. The number of hydrogen-bond acceptors (Lipinski definition) is 4. The zero-order chi connectivity index (χ0) is 13.0. The van der Waals surface area contributed by atoms with E-state index in [1.54, 1.807) is 0 Å². The van der Waals surface area contributed by atoms with Crippen LogP contribution in [0, 0.1) is 0 Å². The van der Waals surface area contributed by atoms with Gasteiger partial charge in [-0.25, -0.2) is 4.57 Å². The van der Waals surface area contributed by atoms with Gasteiger partial charge in [0.15, 0.2) is 0 Å². The second kappa shape index (κ2) is 17.4. The number of hydrogen-bond donors (Lipinski definition) is 0. The molecule has 0 aromatic carbocycles. The summed E-state index contributed by atoms with van der Waals surface area (Å²) in [4.78, 5) is 0. The fourth-order valence-electron chi connectivity index (χ4n) is 1.07. The van der Waals surface area contributed by atoms with E-state index in [-0.39, 0.29) is 39.6 Å². The van der Waals surface area contributed by atoms with Crippen molar-refractivity contribution in [3.05, 3.63) is 0 Å². The van der Waals surface area contributed by atoms with Gasteiger partial charge in [0.2, 0.25) is 0 Å². The van der Waals surface area contributed by atoms with Crippen molar-refractivity contribution in [3.63, 3.8) is 0 Å². The molecule has 0 N–H and O–H groups in total. The van der Waals surface area contributed by atoms with Crippen LogP contribution in [0.4, 0.5) is 0 Å². The molecule has 2 radical (unpaired) electrons. The largest absolute Gasteiger partial charge is 0.474 e. The average Bonchev–Trinajstić information content (AvgIpc) is 2.30. The molecular formula is C12H27IrO4PRh. The van der Waals surface area contributed by atoms with E-state index in [9.17, 15) is 4.57 Å². The van der Waals surface area contributed by atoms with Gasteiger partial charge in [-0.1, -0.05) is 40.0 Å². The van der Waals surface area contributed by atoms with E-state index >= 15 is 0 Å². The summed E-state index contributed by atoms with van der Waals surface area (Å²) in [6.45, 7) is 7.49. The van der Waals surface area contributed by atoms with Crippen molar-refractivity contribution in [2.24, 2.45) is 0 Å². The summed E-state index contributed by atoms with van der Waals surface area (Å²) in [5.74, 6) is 0. The van der Waals surface area contributed by atoms with Gasteiger partial charge in [-0.15, -0.1) is 0 Å². The molecule has 0 aromatic rings. The van der Waals surface area contributed by atoms with Crippen molar-refractivity contribution in [2.75, 3.05) is 19.8 Å². The molecule has 0 spiro atoms. The third-order valence-electron chi connectivity index (χ3n) is 2.24. The Kier molecular flexibility index (Phi) is 23.3. The normalized spacial score (nSPS) is 10.7. The van der Waals surface area contributed by atoms with Gasteiger partial charge in [0, 0.05) is 39.6 Å². The van der Waals surface area contributed by atoms with Crippen LogP contribution >= 0.6 is 7.82 Å². The molecule has 0 atom stereocenters. The number of phosphoric ester groups is 1. The zero-order valence-corrected chi connectivity index (χ0v) is 17.0. The monoisotopic (exact) mass is 562 g/mol. The quantitative estimate of drug-likeness (QED) is 0.200. The first kappa shape index (κ1) is 25.3. The van der Waals surface area contributed by atoms with Gasteiger partial charge < -0.3 is 0 Å². The molecule has 0 aliphatic rings. The molecule has 0 heterocycles. The van der Waals surface area contributed by atoms with Gasteiger partial charge >= 0.3 is 7.82 Å². The van der Waals surface area contributed by atoms with Crippen molar-refractivity contribution in [3.8, 4) is 0 Å². The van der Waals surface area contributed by atoms with E-state index in [0.29, 0.717) is 19.8 Å². The van der Waals surface area contributed by atoms with Crippen LogP contribution in [0.2, 0.25) is 0 Å². The molecule has 0 rings (SSSR count). The van der Waals surface area contributed by atoms with E-state index in [0.717, 1.165) is 38.5 Å². The van der Waals surface area contributed by atoms with E-state index in [4.69, 9.17) is 13.6 Å². The predicted octanol–water partition coefficient (Wildman–Crippen LogP) is 4.54. The van der Waals surface area contributed by atoms with Crippen LogP contribution in [0.25, 0.3) is 0 Å². The van der Waals surface area contributed by atoms with E-state index in [2.05, 4.69) is 20.8 Å². The molecule has 4 nitrogen and oxygen atoms in total. The zero-order valence-electron chi connectivity index (χ0n) is 12.1. The smallest absolute Gasteiger partial charge is 0.287 e. The predicted molar refractivity (Wildman–Crippen MR) is 70.2 cm³/mol. The molecule has 0 aromatic heterocycles. The summed E-state index contributed by atoms with van der Waals surface area (Å²) in [5.41, 5.74) is 0. The maximum Gasteiger partial charge on any atom is 0.474 e. The molecule has 7 heteroatoms. The van der Waals surface area contributed by atoms with Gasteiger partial charge in [-0.05, 0) is 19.3 Å². The summed E-state index contributed by atoms with van der Waals surface area (Å²) in [6.07, 6.45) is 5.63. The molecule has 0 saturated carbocycles. The van der Waals surface area contributed by atoms with Crippen molar-refractivity contribution in [1.82, 2.24) is 0 Å². The molecule has 0 aliphatic heterocycles. The van der Waals surface area contributed by atoms with E-state index in [1.807, 2.05) is 0 Å². The average molecular weight is 561 g/mol. The summed E-state index contributed by atoms with van der Waals surface area (Å²) < 4.78 is 28.0. The Morgan fingerprint density at radius 1 is 0.737 bits per heavy atom. The van der Waals surface area contributed by atoms with E-state index in [1.165, 1.54) is 0 Å². The molecule has 122 valence electrons. The van der Waals surface area contributed by atoms with Crippen LogP contribution in [-0.4, -0.2) is 19.8 Å². The van der Waals surface area contributed by atoms with Gasteiger partial charge in [0.1, 0.15) is 0 Å². The molecule has 0 saturated heterocycles. The Labute approximate surface area is 144 Å². The minimum atomic E-state index is -3.31. The third kappa shape index (κ3) is 15.6. The van der Waals surface area contributed by atoms with Gasteiger partial charge in [-0.3, -0.25) is 13.6 Å². The van der Waals surface area contributed by atoms with E-state index < -0.39 is 7.82 Å². The summed E-state index contributed by atoms with van der Waals surface area (Å²) in [6, 6.07) is 0. The van der Waals surface area contributed by atoms with Gasteiger partial charge in [0.05, 0.1) is 19.8 Å². The van der Waals surface area contributed by atoms with Crippen LogP contribution in [-0.2, 0) is 57.7 Å². The third-order valence-corrected chi connectivity index (χ3v) is 3.74. The molecule has 0 bridgehead atoms. The molecule has 19 heavy (non-hydrogen) atoms. The first-order valence-electron chi connectivity index (χ1n) is 6.72.